The van der Waals surface area contributed by atoms with Crippen molar-refractivity contribution in [2.45, 2.75) is 76.7 Å². The molecule has 5 rings (SSSR count). The monoisotopic (exact) mass is 591 g/mol. The molecule has 2 atom stereocenters. The summed E-state index contributed by atoms with van der Waals surface area (Å²) < 4.78 is 38.7. The first-order valence-corrected chi connectivity index (χ1v) is 15.3. The van der Waals surface area contributed by atoms with E-state index in [0.29, 0.717) is 46.4 Å². The number of thiazole rings is 1. The van der Waals surface area contributed by atoms with Crippen LogP contribution in [0.25, 0.3) is 10.6 Å². The molecule has 3 fully saturated rings. The van der Waals surface area contributed by atoms with E-state index in [9.17, 15) is 22.8 Å². The smallest absolute Gasteiger partial charge is 0.336 e. The van der Waals surface area contributed by atoms with E-state index in [1.165, 1.54) is 44.0 Å². The molecule has 2 unspecified atom stereocenters. The molecule has 0 N–H and O–H groups in total. The van der Waals surface area contributed by atoms with Crippen molar-refractivity contribution in [2.75, 3.05) is 40.3 Å². The predicted octanol–water partition coefficient (Wildman–Crippen LogP) is 6.07. The van der Waals surface area contributed by atoms with E-state index < -0.39 is 11.7 Å². The van der Waals surface area contributed by atoms with Crippen molar-refractivity contribution in [1.29, 1.82) is 0 Å². The number of likely N-dealkylation sites (N-methyl/N-ethyl adjacent to an activating group) is 2. The number of halogens is 3. The molecule has 224 valence electrons. The van der Waals surface area contributed by atoms with E-state index in [2.05, 4.69) is 23.7 Å². The third-order valence-corrected chi connectivity index (χ3v) is 10.4. The molecule has 2 saturated heterocycles. The molecule has 41 heavy (non-hydrogen) atoms. The van der Waals surface area contributed by atoms with Crippen LogP contribution in [0.2, 0.25) is 0 Å². The maximum absolute atomic E-state index is 13.4. The quantitative estimate of drug-likeness (QED) is 0.424. The summed E-state index contributed by atoms with van der Waals surface area (Å²) in [6, 6.07) is 5.52. The van der Waals surface area contributed by atoms with Crippen LogP contribution in [-0.2, 0) is 6.18 Å². The molecule has 2 aliphatic heterocycles. The zero-order chi connectivity index (χ0) is 29.5. The fraction of sp³-hybridized carbons (Fsp3) is 0.633. The largest absolute Gasteiger partial charge is 0.416 e. The molecule has 0 radical (unpaired) electrons. The van der Waals surface area contributed by atoms with Crippen LogP contribution >= 0.6 is 11.3 Å². The van der Waals surface area contributed by atoms with E-state index in [0.717, 1.165) is 43.0 Å². The lowest BCUT2D eigenvalue weighted by molar-refractivity contribution is -0.137. The van der Waals surface area contributed by atoms with Gasteiger partial charge in [-0.25, -0.2) is 9.78 Å². The first-order valence-electron chi connectivity index (χ1n) is 14.5. The van der Waals surface area contributed by atoms with Crippen molar-refractivity contribution in [3.05, 3.63) is 40.9 Å². The number of rotatable bonds is 5. The van der Waals surface area contributed by atoms with Crippen LogP contribution < -0.4 is 0 Å². The lowest BCUT2D eigenvalue weighted by Crippen LogP contribution is -2.48. The first kappa shape index (κ1) is 29.8. The van der Waals surface area contributed by atoms with Gasteiger partial charge in [-0.3, -0.25) is 9.69 Å². The van der Waals surface area contributed by atoms with Crippen LogP contribution in [0.1, 0.15) is 67.6 Å². The van der Waals surface area contributed by atoms with Gasteiger partial charge >= 0.3 is 12.2 Å². The van der Waals surface area contributed by atoms with Crippen LogP contribution in [0.5, 0.6) is 0 Å². The normalized spacial score (nSPS) is 23.6. The molecule has 7 nitrogen and oxygen atoms in total. The van der Waals surface area contributed by atoms with Crippen molar-refractivity contribution in [3.63, 3.8) is 0 Å². The molecule has 1 aliphatic carbocycles. The lowest BCUT2D eigenvalue weighted by Gasteiger charge is -2.39. The third kappa shape index (κ3) is 6.56. The van der Waals surface area contributed by atoms with Gasteiger partial charge in [0.05, 0.1) is 17.8 Å². The highest BCUT2D eigenvalue weighted by Gasteiger charge is 2.39. The Labute approximate surface area is 244 Å². The minimum Gasteiger partial charge on any atom is -0.336 e. The molecule has 3 amide bonds. The highest BCUT2D eigenvalue weighted by molar-refractivity contribution is 7.16. The highest BCUT2D eigenvalue weighted by Crippen LogP contribution is 2.38. The number of hydrogen-bond acceptors (Lipinski definition) is 5. The van der Waals surface area contributed by atoms with Crippen LogP contribution in [0.4, 0.5) is 18.0 Å². The van der Waals surface area contributed by atoms with E-state index >= 15 is 0 Å². The Kier molecular flexibility index (Phi) is 8.40. The van der Waals surface area contributed by atoms with Crippen molar-refractivity contribution in [3.8, 4) is 10.6 Å². The summed E-state index contributed by atoms with van der Waals surface area (Å²) in [4.78, 5) is 39.3. The highest BCUT2D eigenvalue weighted by atomic mass is 32.1. The SMILES string of the molecule is CN(C(=O)c1cnc(-c2ccc(C(F)(F)F)cc2)s1)C1CCN(C(=O)N(C)C2CCN(C3CCC(C)(C)CC3)C2)C1. The number of amides is 3. The minimum atomic E-state index is -4.40. The molecule has 1 aromatic heterocycles. The zero-order valence-corrected chi connectivity index (χ0v) is 25.1. The van der Waals surface area contributed by atoms with Gasteiger partial charge < -0.3 is 14.7 Å². The summed E-state index contributed by atoms with van der Waals surface area (Å²) in [6.45, 7) is 7.75. The Morgan fingerprint density at radius 3 is 2.24 bits per heavy atom. The summed E-state index contributed by atoms with van der Waals surface area (Å²) in [5, 5.41) is 0.489. The zero-order valence-electron chi connectivity index (χ0n) is 24.3. The van der Waals surface area contributed by atoms with Crippen molar-refractivity contribution in [2.24, 2.45) is 5.41 Å². The van der Waals surface area contributed by atoms with Crippen LogP contribution in [0, 0.1) is 5.41 Å². The number of hydrogen-bond donors (Lipinski definition) is 0. The Morgan fingerprint density at radius 1 is 0.951 bits per heavy atom. The molecule has 1 aromatic carbocycles. The van der Waals surface area contributed by atoms with Gasteiger partial charge in [0.2, 0.25) is 0 Å². The number of urea groups is 1. The fourth-order valence-electron chi connectivity index (χ4n) is 6.42. The molecular formula is C30H40F3N5O2S. The van der Waals surface area contributed by atoms with Crippen molar-refractivity contribution >= 4 is 23.3 Å². The van der Waals surface area contributed by atoms with Gasteiger partial charge in [-0.15, -0.1) is 11.3 Å². The van der Waals surface area contributed by atoms with Crippen molar-refractivity contribution in [1.82, 2.24) is 24.6 Å². The average Bonchev–Trinajstić information content (AvgIpc) is 3.72. The van der Waals surface area contributed by atoms with Gasteiger partial charge in [0.1, 0.15) is 9.88 Å². The first-order chi connectivity index (χ1) is 19.3. The van der Waals surface area contributed by atoms with Gasteiger partial charge in [0.25, 0.3) is 5.91 Å². The third-order valence-electron chi connectivity index (χ3n) is 9.35. The number of carbonyl (C=O) groups is 2. The molecule has 0 bridgehead atoms. The molecule has 1 saturated carbocycles. The number of benzene rings is 1. The second kappa shape index (κ2) is 11.6. The Morgan fingerprint density at radius 2 is 1.59 bits per heavy atom. The maximum Gasteiger partial charge on any atom is 0.416 e. The van der Waals surface area contributed by atoms with Crippen LogP contribution in [-0.4, -0.2) is 94.9 Å². The Balaban J connectivity index is 1.13. The van der Waals surface area contributed by atoms with Crippen LogP contribution in [0.15, 0.2) is 30.5 Å². The maximum atomic E-state index is 13.4. The predicted molar refractivity (Wildman–Crippen MR) is 154 cm³/mol. The van der Waals surface area contributed by atoms with Gasteiger partial charge in [-0.2, -0.15) is 13.2 Å². The molecule has 2 aromatic rings. The molecule has 3 aliphatic rings. The second-order valence-electron chi connectivity index (χ2n) is 12.6. The molecule has 11 heteroatoms. The number of carbonyl (C=O) groups excluding carboxylic acids is 2. The summed E-state index contributed by atoms with van der Waals surface area (Å²) in [5.41, 5.74) is 0.249. The number of likely N-dealkylation sites (tertiary alicyclic amines) is 2. The summed E-state index contributed by atoms with van der Waals surface area (Å²) in [6.07, 6.45) is 3.74. The van der Waals surface area contributed by atoms with E-state index in [4.69, 9.17) is 0 Å². The average molecular weight is 592 g/mol. The molecular weight excluding hydrogens is 551 g/mol. The second-order valence-corrected chi connectivity index (χ2v) is 13.7. The van der Waals surface area contributed by atoms with E-state index in [-0.39, 0.29) is 24.0 Å². The fourth-order valence-corrected chi connectivity index (χ4v) is 7.33. The van der Waals surface area contributed by atoms with E-state index in [1.54, 1.807) is 11.9 Å². The topological polar surface area (TPSA) is 60.0 Å². The van der Waals surface area contributed by atoms with Gasteiger partial charge in [0, 0.05) is 57.9 Å². The Bertz CT molecular complexity index is 1240. The van der Waals surface area contributed by atoms with Crippen LogP contribution in [0.3, 0.4) is 0 Å². The number of nitrogens with zero attached hydrogens (tertiary/aromatic N) is 5. The summed E-state index contributed by atoms with van der Waals surface area (Å²) in [5.74, 6) is -0.199. The van der Waals surface area contributed by atoms with Gasteiger partial charge in [-0.1, -0.05) is 26.0 Å². The lowest BCUT2D eigenvalue weighted by atomic mass is 9.75. The number of aromatic nitrogens is 1. The van der Waals surface area contributed by atoms with Gasteiger partial charge in [-0.05, 0) is 56.1 Å². The molecule has 0 spiro atoms. The minimum absolute atomic E-state index is 0.0207. The van der Waals surface area contributed by atoms with Gasteiger partial charge in [0.15, 0.2) is 0 Å². The summed E-state index contributed by atoms with van der Waals surface area (Å²) >= 11 is 1.16. The number of alkyl halides is 3. The Hall–Kier alpha value is -2.66. The summed E-state index contributed by atoms with van der Waals surface area (Å²) in [7, 11) is 3.64. The standard InChI is InChI=1S/C30H40F3N5O2S/c1-29(2)13-9-22(10-14-29)37-15-11-24(18-37)36(4)28(40)38-16-12-23(19-38)35(3)27(39)25-17-34-26(41-25)20-5-7-21(8-6-20)30(31,32)33/h5-8,17,22-24H,9-16,18-19H2,1-4H3. The molecule has 3 heterocycles. The van der Waals surface area contributed by atoms with E-state index in [1.807, 2.05) is 16.8 Å². The van der Waals surface area contributed by atoms with Crippen molar-refractivity contribution < 1.29 is 22.8 Å².